The van der Waals surface area contributed by atoms with E-state index in [9.17, 15) is 19.4 Å². The molecule has 208 valence electrons. The predicted molar refractivity (Wildman–Crippen MR) is 147 cm³/mol. The van der Waals surface area contributed by atoms with Gasteiger partial charge in [0.25, 0.3) is 0 Å². The van der Waals surface area contributed by atoms with Crippen molar-refractivity contribution in [3.05, 3.63) is 47.1 Å². The highest BCUT2D eigenvalue weighted by molar-refractivity contribution is 7.47. The second kappa shape index (κ2) is 14.3. The first-order chi connectivity index (χ1) is 17.4. The van der Waals surface area contributed by atoms with Crippen LogP contribution in [0.15, 0.2) is 35.9 Å². The number of phosphoric acid groups is 1. The smallest absolute Gasteiger partial charge is 0.473 e. The maximum absolute atomic E-state index is 13.3. The summed E-state index contributed by atoms with van der Waals surface area (Å²) < 4.78 is 28.6. The Morgan fingerprint density at radius 2 is 1.89 bits per heavy atom. The van der Waals surface area contributed by atoms with Gasteiger partial charge in [-0.1, -0.05) is 56.9 Å². The summed E-state index contributed by atoms with van der Waals surface area (Å²) in [6, 6.07) is 3.57. The fourth-order valence-corrected chi connectivity index (χ4v) is 5.91. The number of phosphoric ester groups is 1. The van der Waals surface area contributed by atoms with E-state index in [1.165, 1.54) is 5.57 Å². The zero-order valence-electron chi connectivity index (χ0n) is 23.3. The summed E-state index contributed by atoms with van der Waals surface area (Å²) in [5.74, 6) is -0.600. The third-order valence-electron chi connectivity index (χ3n) is 6.59. The Balaban J connectivity index is 2.50. The second-order valence-corrected chi connectivity index (χ2v) is 11.8. The quantitative estimate of drug-likeness (QED) is 0.0823. The van der Waals surface area contributed by atoms with E-state index < -0.39 is 26.0 Å². The highest BCUT2D eigenvalue weighted by atomic mass is 31.2. The number of phenolic OH excluding ortho intramolecular Hbond substituents is 1. The Bertz CT molecular complexity index is 1010. The fraction of sp³-hybridized carbons (Fsp3) is 0.621. The fourth-order valence-electron chi connectivity index (χ4n) is 4.82. The molecule has 0 heterocycles. The van der Waals surface area contributed by atoms with E-state index in [2.05, 4.69) is 26.5 Å². The van der Waals surface area contributed by atoms with Crippen LogP contribution < -0.4 is 4.74 Å². The van der Waals surface area contributed by atoms with Gasteiger partial charge < -0.3 is 14.7 Å². The van der Waals surface area contributed by atoms with Crippen molar-refractivity contribution < 1.29 is 33.1 Å². The van der Waals surface area contributed by atoms with Crippen LogP contribution in [0, 0.1) is 5.92 Å². The maximum atomic E-state index is 13.3. The van der Waals surface area contributed by atoms with Crippen LogP contribution in [0.4, 0.5) is 0 Å². The summed E-state index contributed by atoms with van der Waals surface area (Å²) in [5.41, 5.74) is 3.59. The first kappa shape index (κ1) is 31.3. The number of unbranched alkanes of at least 4 members (excludes halogenated alkanes) is 2. The Morgan fingerprint density at radius 1 is 1.19 bits per heavy atom. The summed E-state index contributed by atoms with van der Waals surface area (Å²) in [7, 11) is -4.47. The first-order valence-electron chi connectivity index (χ1n) is 13.5. The predicted octanol–water partition coefficient (Wildman–Crippen LogP) is 7.76. The summed E-state index contributed by atoms with van der Waals surface area (Å²) in [6.07, 6.45) is 6.59. The van der Waals surface area contributed by atoms with E-state index in [1.807, 2.05) is 19.9 Å². The van der Waals surface area contributed by atoms with Gasteiger partial charge in [0.05, 0.1) is 6.10 Å². The van der Waals surface area contributed by atoms with Gasteiger partial charge in [-0.3, -0.25) is 9.05 Å². The largest absolute Gasteiger partial charge is 0.507 e. The number of aromatic hydroxyl groups is 1. The number of hydrogen-bond acceptors (Lipinski definition) is 6. The van der Waals surface area contributed by atoms with Crippen LogP contribution in [-0.4, -0.2) is 28.2 Å². The van der Waals surface area contributed by atoms with Gasteiger partial charge in [0, 0.05) is 11.5 Å². The number of carbonyl (C=O) groups is 1. The SMILES string of the molecule is C=C(C)[C@@H]1CCC(C)=C[C@H]1c1c(O)cc(CCCCC)cc1OC(=O)C(CCC)OP(=O)(O)OC(C)C. The number of ether oxygens (including phenoxy) is 1. The zero-order valence-corrected chi connectivity index (χ0v) is 24.2. The Morgan fingerprint density at radius 3 is 2.49 bits per heavy atom. The number of aryl methyl sites for hydroxylation is 1. The van der Waals surface area contributed by atoms with E-state index >= 15 is 0 Å². The molecule has 0 fully saturated rings. The summed E-state index contributed by atoms with van der Waals surface area (Å²) >= 11 is 0. The number of benzene rings is 1. The molecule has 2 N–H and O–H groups in total. The van der Waals surface area contributed by atoms with Crippen molar-refractivity contribution in [1.29, 1.82) is 0 Å². The van der Waals surface area contributed by atoms with Gasteiger partial charge in [-0.2, -0.15) is 0 Å². The van der Waals surface area contributed by atoms with Gasteiger partial charge in [0.15, 0.2) is 6.10 Å². The monoisotopic (exact) mass is 536 g/mol. The average molecular weight is 537 g/mol. The van der Waals surface area contributed by atoms with Gasteiger partial charge in [-0.15, -0.1) is 0 Å². The Labute approximate surface area is 222 Å². The van der Waals surface area contributed by atoms with Crippen LogP contribution in [0.1, 0.15) is 104 Å². The molecular weight excluding hydrogens is 491 g/mol. The van der Waals surface area contributed by atoms with E-state index in [-0.39, 0.29) is 29.8 Å². The Hall–Kier alpha value is -1.92. The molecule has 2 rings (SSSR count). The van der Waals surface area contributed by atoms with Crippen LogP contribution in [-0.2, 0) is 24.8 Å². The summed E-state index contributed by atoms with van der Waals surface area (Å²) in [5, 5.41) is 11.2. The third kappa shape index (κ3) is 9.40. The molecule has 2 unspecified atom stereocenters. The van der Waals surface area contributed by atoms with Crippen molar-refractivity contribution in [1.82, 2.24) is 0 Å². The maximum Gasteiger partial charge on any atom is 0.473 e. The van der Waals surface area contributed by atoms with Gasteiger partial charge in [-0.05, 0) is 83.4 Å². The minimum atomic E-state index is -4.47. The second-order valence-electron chi connectivity index (χ2n) is 10.4. The van der Waals surface area contributed by atoms with Crippen molar-refractivity contribution >= 4 is 13.8 Å². The van der Waals surface area contributed by atoms with Crippen LogP contribution in [0.5, 0.6) is 11.5 Å². The van der Waals surface area contributed by atoms with Crippen molar-refractivity contribution in [2.75, 3.05) is 0 Å². The molecule has 0 amide bonds. The molecule has 1 aliphatic carbocycles. The van der Waals surface area contributed by atoms with Crippen molar-refractivity contribution in [2.45, 2.75) is 111 Å². The number of esters is 1. The molecule has 0 radical (unpaired) electrons. The van der Waals surface area contributed by atoms with Gasteiger partial charge in [0.2, 0.25) is 0 Å². The van der Waals surface area contributed by atoms with Gasteiger partial charge >= 0.3 is 13.8 Å². The van der Waals surface area contributed by atoms with Crippen molar-refractivity contribution in [3.63, 3.8) is 0 Å². The molecule has 0 saturated carbocycles. The molecule has 37 heavy (non-hydrogen) atoms. The molecule has 1 aromatic carbocycles. The number of carbonyl (C=O) groups excluding carboxylic acids is 1. The molecular formula is C29H45O7P. The molecule has 0 bridgehead atoms. The minimum absolute atomic E-state index is 0.0722. The topological polar surface area (TPSA) is 102 Å². The highest BCUT2D eigenvalue weighted by Gasteiger charge is 2.35. The Kier molecular flexibility index (Phi) is 12.1. The normalized spacial score (nSPS) is 20.3. The lowest BCUT2D eigenvalue weighted by atomic mass is 9.73. The highest BCUT2D eigenvalue weighted by Crippen LogP contribution is 2.48. The van der Waals surface area contributed by atoms with Crippen LogP contribution >= 0.6 is 7.82 Å². The lowest BCUT2D eigenvalue weighted by Gasteiger charge is -2.32. The van der Waals surface area contributed by atoms with Crippen LogP contribution in [0.3, 0.4) is 0 Å². The number of hydrogen-bond donors (Lipinski definition) is 2. The van der Waals surface area contributed by atoms with Gasteiger partial charge in [0.1, 0.15) is 11.5 Å². The number of rotatable bonds is 14. The molecule has 0 aromatic heterocycles. The van der Waals surface area contributed by atoms with E-state index in [1.54, 1.807) is 19.9 Å². The lowest BCUT2D eigenvalue weighted by molar-refractivity contribution is -0.143. The van der Waals surface area contributed by atoms with Gasteiger partial charge in [-0.25, -0.2) is 9.36 Å². The van der Waals surface area contributed by atoms with E-state index in [0.29, 0.717) is 12.0 Å². The van der Waals surface area contributed by atoms with Crippen molar-refractivity contribution in [3.8, 4) is 11.5 Å². The van der Waals surface area contributed by atoms with Crippen molar-refractivity contribution in [2.24, 2.45) is 5.92 Å². The molecule has 7 nitrogen and oxygen atoms in total. The van der Waals surface area contributed by atoms with Crippen LogP contribution in [0.25, 0.3) is 0 Å². The van der Waals surface area contributed by atoms with Crippen LogP contribution in [0.2, 0.25) is 0 Å². The molecule has 4 atom stereocenters. The standard InChI is InChI=1S/C29H45O7P/c1-8-10-11-13-22-17-25(30)28(24-16-21(7)14-15-23(24)19(3)4)27(18-22)34-29(31)26(12-9-2)36-37(32,33)35-20(5)6/h16-18,20,23-24,26,30H,3,8-15H2,1-2,4-7H3,(H,32,33)/t23-,24+,26?/m0/s1. The van der Waals surface area contributed by atoms with E-state index in [4.69, 9.17) is 13.8 Å². The molecule has 8 heteroatoms. The third-order valence-corrected chi connectivity index (χ3v) is 7.80. The molecule has 1 aliphatic rings. The molecule has 1 aromatic rings. The lowest BCUT2D eigenvalue weighted by Crippen LogP contribution is -2.29. The molecule has 0 spiro atoms. The summed E-state index contributed by atoms with van der Waals surface area (Å²) in [4.78, 5) is 23.4. The zero-order chi connectivity index (χ0) is 27.8. The minimum Gasteiger partial charge on any atom is -0.507 e. The number of allylic oxidation sites excluding steroid dienone is 3. The first-order valence-corrected chi connectivity index (χ1v) is 15.0. The van der Waals surface area contributed by atoms with E-state index in [0.717, 1.165) is 49.7 Å². The average Bonchev–Trinajstić information content (AvgIpc) is 2.77. The molecule has 0 aliphatic heterocycles. The summed E-state index contributed by atoms with van der Waals surface area (Å²) in [6.45, 7) is 15.4. The molecule has 0 saturated heterocycles. The number of phenols is 1.